The molecule has 5 aromatic rings. The normalized spacial score (nSPS) is 11.2. The summed E-state index contributed by atoms with van der Waals surface area (Å²) in [6.07, 6.45) is 2.75. The van der Waals surface area contributed by atoms with Crippen LogP contribution in [0.25, 0.3) is 21.9 Å². The van der Waals surface area contributed by atoms with Gasteiger partial charge in [-0.05, 0) is 54.8 Å². The number of carbonyl (C=O) groups is 1. The molecule has 0 saturated carbocycles. The van der Waals surface area contributed by atoms with E-state index in [1.807, 2.05) is 60.8 Å². The van der Waals surface area contributed by atoms with Crippen molar-refractivity contribution in [2.75, 3.05) is 6.54 Å². The topological polar surface area (TPSA) is 79.8 Å². The summed E-state index contributed by atoms with van der Waals surface area (Å²) in [5.74, 6) is -0.108. The smallest absolute Gasteiger partial charge is 0.272 e. The molecule has 0 aliphatic heterocycles. The maximum atomic E-state index is 12.7. The second-order valence-corrected chi connectivity index (χ2v) is 8.14. The van der Waals surface area contributed by atoms with Crippen molar-refractivity contribution >= 4 is 27.8 Å². The average molecular weight is 437 g/mol. The van der Waals surface area contributed by atoms with Crippen LogP contribution in [0.15, 0.2) is 83.8 Å². The Bertz CT molecular complexity index is 1510. The molecule has 0 aliphatic rings. The molecule has 0 spiro atoms. The third-order valence-electron chi connectivity index (χ3n) is 5.93. The van der Waals surface area contributed by atoms with Crippen molar-refractivity contribution in [3.05, 3.63) is 112 Å². The fourth-order valence-electron chi connectivity index (χ4n) is 4.17. The Labute approximate surface area is 190 Å². The molecule has 2 heterocycles. The van der Waals surface area contributed by atoms with E-state index in [1.54, 1.807) is 23.6 Å². The molecule has 0 unspecified atom stereocenters. The van der Waals surface area contributed by atoms with Crippen LogP contribution in [-0.2, 0) is 13.0 Å². The van der Waals surface area contributed by atoms with Gasteiger partial charge in [-0.2, -0.15) is 0 Å². The lowest BCUT2D eigenvalue weighted by Crippen LogP contribution is -2.26. The lowest BCUT2D eigenvalue weighted by Gasteiger charge is -2.12. The highest BCUT2D eigenvalue weighted by Crippen LogP contribution is 2.18. The van der Waals surface area contributed by atoms with E-state index >= 15 is 0 Å². The Morgan fingerprint density at radius 3 is 2.61 bits per heavy atom. The van der Waals surface area contributed by atoms with Gasteiger partial charge >= 0.3 is 0 Å². The average Bonchev–Trinajstić information content (AvgIpc) is 3.25. The van der Waals surface area contributed by atoms with E-state index in [-0.39, 0.29) is 11.5 Å². The Hall–Kier alpha value is -4.19. The standard InChI is InChI=1S/C27H24N4O2/c1-18-27(33)31(25-9-5-4-8-24(25)30-18)17-19-10-12-20(13-11-19)26(32)28-15-14-21-16-29-23-7-3-2-6-22(21)23/h2-13,16,29H,14-15,17H2,1H3,(H,28,32). The number of benzene rings is 3. The van der Waals surface area contributed by atoms with Crippen LogP contribution in [0.4, 0.5) is 0 Å². The van der Waals surface area contributed by atoms with E-state index in [9.17, 15) is 9.59 Å². The van der Waals surface area contributed by atoms with Gasteiger partial charge in [0, 0.05) is 29.2 Å². The molecule has 0 atom stereocenters. The molecule has 2 aromatic heterocycles. The van der Waals surface area contributed by atoms with Gasteiger partial charge in [-0.3, -0.25) is 9.59 Å². The van der Waals surface area contributed by atoms with Crippen LogP contribution in [0.2, 0.25) is 0 Å². The van der Waals surface area contributed by atoms with Crippen molar-refractivity contribution in [3.63, 3.8) is 0 Å². The number of aromatic amines is 1. The molecule has 0 fully saturated rings. The third kappa shape index (κ3) is 4.15. The first-order chi connectivity index (χ1) is 16.1. The van der Waals surface area contributed by atoms with Gasteiger partial charge in [-0.1, -0.05) is 42.5 Å². The van der Waals surface area contributed by atoms with Crippen LogP contribution in [0.5, 0.6) is 0 Å². The summed E-state index contributed by atoms with van der Waals surface area (Å²) in [5, 5.41) is 4.18. The molecule has 33 heavy (non-hydrogen) atoms. The van der Waals surface area contributed by atoms with Crippen LogP contribution in [0.1, 0.15) is 27.2 Å². The maximum absolute atomic E-state index is 12.7. The van der Waals surface area contributed by atoms with Crippen molar-refractivity contribution in [2.24, 2.45) is 0 Å². The van der Waals surface area contributed by atoms with E-state index in [2.05, 4.69) is 21.4 Å². The van der Waals surface area contributed by atoms with E-state index in [0.717, 1.165) is 28.5 Å². The molecule has 5 rings (SSSR count). The Morgan fingerprint density at radius 2 is 1.76 bits per heavy atom. The second-order valence-electron chi connectivity index (χ2n) is 8.14. The van der Waals surface area contributed by atoms with Crippen molar-refractivity contribution in [1.29, 1.82) is 0 Å². The number of nitrogens with one attached hydrogen (secondary N) is 2. The first-order valence-corrected chi connectivity index (χ1v) is 11.0. The monoisotopic (exact) mass is 436 g/mol. The van der Waals surface area contributed by atoms with Crippen molar-refractivity contribution < 1.29 is 4.79 Å². The van der Waals surface area contributed by atoms with Crippen molar-refractivity contribution in [3.8, 4) is 0 Å². The van der Waals surface area contributed by atoms with E-state index in [1.165, 1.54) is 10.9 Å². The quantitative estimate of drug-likeness (QED) is 0.419. The molecule has 0 bridgehead atoms. The van der Waals surface area contributed by atoms with Crippen molar-refractivity contribution in [1.82, 2.24) is 19.9 Å². The molecule has 0 radical (unpaired) electrons. The first kappa shape index (κ1) is 20.7. The summed E-state index contributed by atoms with van der Waals surface area (Å²) in [6, 6.07) is 23.2. The van der Waals surface area contributed by atoms with E-state index in [4.69, 9.17) is 0 Å². The summed E-state index contributed by atoms with van der Waals surface area (Å²) >= 11 is 0. The fraction of sp³-hybridized carbons (Fsp3) is 0.148. The Morgan fingerprint density at radius 1 is 1.00 bits per heavy atom. The van der Waals surface area contributed by atoms with E-state index < -0.39 is 0 Å². The number of nitrogens with zero attached hydrogens (tertiary/aromatic N) is 2. The highest BCUT2D eigenvalue weighted by Gasteiger charge is 2.10. The molecule has 0 saturated heterocycles. The largest absolute Gasteiger partial charge is 0.361 e. The second kappa shape index (κ2) is 8.74. The lowest BCUT2D eigenvalue weighted by molar-refractivity contribution is 0.0954. The number of aromatic nitrogens is 3. The molecular weight excluding hydrogens is 412 g/mol. The number of H-pyrrole nitrogens is 1. The number of aryl methyl sites for hydroxylation is 1. The minimum absolute atomic E-state index is 0.104. The zero-order valence-electron chi connectivity index (χ0n) is 18.3. The molecule has 3 aromatic carbocycles. The molecule has 2 N–H and O–H groups in total. The highest BCUT2D eigenvalue weighted by molar-refractivity contribution is 5.94. The number of hydrogen-bond acceptors (Lipinski definition) is 3. The van der Waals surface area contributed by atoms with Crippen LogP contribution in [-0.4, -0.2) is 27.0 Å². The van der Waals surface area contributed by atoms with Gasteiger partial charge in [-0.25, -0.2) is 4.98 Å². The number of hydrogen-bond donors (Lipinski definition) is 2. The van der Waals surface area contributed by atoms with Gasteiger partial charge in [0.15, 0.2) is 0 Å². The van der Waals surface area contributed by atoms with Crippen LogP contribution >= 0.6 is 0 Å². The maximum Gasteiger partial charge on any atom is 0.272 e. The number of carbonyl (C=O) groups excluding carboxylic acids is 1. The van der Waals surface area contributed by atoms with Gasteiger partial charge in [0.2, 0.25) is 0 Å². The third-order valence-corrected chi connectivity index (χ3v) is 5.93. The summed E-state index contributed by atoms with van der Waals surface area (Å²) in [4.78, 5) is 32.9. The molecule has 6 nitrogen and oxygen atoms in total. The predicted octanol–water partition coefficient (Wildman–Crippen LogP) is 4.21. The number of para-hydroxylation sites is 3. The number of fused-ring (bicyclic) bond motifs is 2. The van der Waals surface area contributed by atoms with Gasteiger partial charge < -0.3 is 14.9 Å². The summed E-state index contributed by atoms with van der Waals surface area (Å²) in [7, 11) is 0. The minimum Gasteiger partial charge on any atom is -0.361 e. The summed E-state index contributed by atoms with van der Waals surface area (Å²) in [5.41, 5.74) is 5.79. The molecule has 0 aliphatic carbocycles. The Kier molecular flexibility index (Phi) is 5.48. The predicted molar refractivity (Wildman–Crippen MR) is 131 cm³/mol. The van der Waals surface area contributed by atoms with E-state index in [0.29, 0.717) is 24.3 Å². The minimum atomic E-state index is -0.108. The zero-order chi connectivity index (χ0) is 22.8. The molecule has 164 valence electrons. The van der Waals surface area contributed by atoms with Crippen LogP contribution in [0.3, 0.4) is 0 Å². The summed E-state index contributed by atoms with van der Waals surface area (Å²) in [6.45, 7) is 2.71. The number of rotatable bonds is 6. The number of amides is 1. The van der Waals surface area contributed by atoms with Gasteiger partial charge in [0.05, 0.1) is 17.6 Å². The van der Waals surface area contributed by atoms with Crippen LogP contribution in [0, 0.1) is 6.92 Å². The fourth-order valence-corrected chi connectivity index (χ4v) is 4.17. The highest BCUT2D eigenvalue weighted by atomic mass is 16.1. The van der Waals surface area contributed by atoms with Gasteiger partial charge in [0.25, 0.3) is 11.5 Å². The Balaban J connectivity index is 1.26. The van der Waals surface area contributed by atoms with Gasteiger partial charge in [-0.15, -0.1) is 0 Å². The van der Waals surface area contributed by atoms with Crippen LogP contribution < -0.4 is 10.9 Å². The van der Waals surface area contributed by atoms with Crippen molar-refractivity contribution in [2.45, 2.75) is 19.9 Å². The van der Waals surface area contributed by atoms with Gasteiger partial charge in [0.1, 0.15) is 5.69 Å². The first-order valence-electron chi connectivity index (χ1n) is 11.0. The summed E-state index contributed by atoms with van der Waals surface area (Å²) < 4.78 is 1.73. The molecular formula is C27H24N4O2. The molecule has 1 amide bonds. The zero-order valence-corrected chi connectivity index (χ0v) is 18.3. The SMILES string of the molecule is Cc1nc2ccccc2n(Cc2ccc(C(=O)NCCc3c[nH]c4ccccc34)cc2)c1=O. The lowest BCUT2D eigenvalue weighted by atomic mass is 10.1. The molecule has 6 heteroatoms.